The topological polar surface area (TPSA) is 80.0 Å². The molecule has 1 aliphatic rings. The van der Waals surface area contributed by atoms with E-state index < -0.39 is 6.10 Å². The fraction of sp³-hybridized carbons (Fsp3) is 0.500. The predicted octanol–water partition coefficient (Wildman–Crippen LogP) is 2.44. The number of aromatic nitrogens is 3. The van der Waals surface area contributed by atoms with E-state index in [1.165, 1.54) is 31.0 Å². The van der Waals surface area contributed by atoms with Crippen LogP contribution in [0.4, 0.5) is 0 Å². The number of nitrogens with one attached hydrogen (secondary N) is 1. The Morgan fingerprint density at radius 2 is 2.00 bits per heavy atom. The molecule has 2 N–H and O–H groups in total. The minimum atomic E-state index is -0.830. The Morgan fingerprint density at radius 1 is 1.28 bits per heavy atom. The number of carbonyl (C=O) groups is 1. The first-order chi connectivity index (χ1) is 12.1. The maximum Gasteiger partial charge on any atom is 0.230 e. The van der Waals surface area contributed by atoms with Crippen molar-refractivity contribution in [3.63, 3.8) is 0 Å². The van der Waals surface area contributed by atoms with Gasteiger partial charge in [-0.25, -0.2) is 0 Å². The van der Waals surface area contributed by atoms with Crippen molar-refractivity contribution < 1.29 is 9.90 Å². The third-order valence-electron chi connectivity index (χ3n) is 4.53. The van der Waals surface area contributed by atoms with Crippen molar-refractivity contribution in [3.05, 3.63) is 41.7 Å². The first kappa shape index (κ1) is 17.9. The lowest BCUT2D eigenvalue weighted by Crippen LogP contribution is -2.37. The fourth-order valence-corrected chi connectivity index (χ4v) is 3.85. The number of hydrogen-bond donors (Lipinski definition) is 2. The fourth-order valence-electron chi connectivity index (χ4n) is 3.12. The maximum absolute atomic E-state index is 12.1. The minimum Gasteiger partial charge on any atom is -0.380 e. The molecule has 1 atom stereocenters. The zero-order chi connectivity index (χ0) is 17.6. The van der Waals surface area contributed by atoms with Crippen LogP contribution in [-0.2, 0) is 11.8 Å². The summed E-state index contributed by atoms with van der Waals surface area (Å²) in [5, 5.41) is 22.4. The summed E-state index contributed by atoms with van der Waals surface area (Å²) in [6.45, 7) is 0. The van der Waals surface area contributed by atoms with Crippen LogP contribution in [0, 0.1) is 0 Å². The second-order valence-electron chi connectivity index (χ2n) is 6.40. The average molecular weight is 360 g/mol. The third-order valence-corrected chi connectivity index (χ3v) is 5.55. The van der Waals surface area contributed by atoms with Gasteiger partial charge >= 0.3 is 0 Å². The maximum atomic E-state index is 12.1. The van der Waals surface area contributed by atoms with Gasteiger partial charge in [-0.15, -0.1) is 10.2 Å². The molecule has 134 valence electrons. The van der Waals surface area contributed by atoms with E-state index in [-0.39, 0.29) is 5.91 Å². The number of amides is 1. The quantitative estimate of drug-likeness (QED) is 0.774. The summed E-state index contributed by atoms with van der Waals surface area (Å²) in [7, 11) is 1.81. The molecule has 0 saturated heterocycles. The van der Waals surface area contributed by atoms with Crippen LogP contribution in [0.25, 0.3) is 0 Å². The van der Waals surface area contributed by atoms with E-state index in [9.17, 15) is 9.90 Å². The summed E-state index contributed by atoms with van der Waals surface area (Å²) in [5.74, 6) is 0.815. The van der Waals surface area contributed by atoms with E-state index in [4.69, 9.17) is 0 Å². The van der Waals surface area contributed by atoms with Crippen LogP contribution in [-0.4, -0.2) is 37.6 Å². The van der Waals surface area contributed by atoms with Crippen molar-refractivity contribution in [2.75, 3.05) is 5.75 Å². The Kier molecular flexibility index (Phi) is 6.09. The number of nitrogens with zero attached hydrogens (tertiary/aromatic N) is 3. The lowest BCUT2D eigenvalue weighted by molar-refractivity contribution is -0.119. The van der Waals surface area contributed by atoms with Gasteiger partial charge in [0.2, 0.25) is 5.91 Å². The first-order valence-corrected chi connectivity index (χ1v) is 9.68. The number of benzene rings is 1. The molecule has 6 nitrogen and oxygen atoms in total. The van der Waals surface area contributed by atoms with Gasteiger partial charge in [-0.05, 0) is 18.4 Å². The molecular weight excluding hydrogens is 336 g/mol. The second kappa shape index (κ2) is 8.49. The van der Waals surface area contributed by atoms with Crippen molar-refractivity contribution in [1.82, 2.24) is 20.1 Å². The van der Waals surface area contributed by atoms with Gasteiger partial charge < -0.3 is 15.0 Å². The largest absolute Gasteiger partial charge is 0.380 e. The van der Waals surface area contributed by atoms with Crippen LogP contribution in [0.2, 0.25) is 0 Å². The average Bonchev–Trinajstić information content (AvgIpc) is 3.01. The van der Waals surface area contributed by atoms with Crippen molar-refractivity contribution in [1.29, 1.82) is 0 Å². The minimum absolute atomic E-state index is 0.0325. The summed E-state index contributed by atoms with van der Waals surface area (Å²) in [5.41, 5.74) is 0.768. The third kappa shape index (κ3) is 4.61. The molecule has 25 heavy (non-hydrogen) atoms. The van der Waals surface area contributed by atoms with Crippen LogP contribution in [0.1, 0.15) is 49.6 Å². The highest BCUT2D eigenvalue weighted by Crippen LogP contribution is 2.24. The van der Waals surface area contributed by atoms with E-state index in [0.29, 0.717) is 22.8 Å². The number of carbonyl (C=O) groups excluding carboxylic acids is 1. The normalized spacial score (nSPS) is 16.6. The van der Waals surface area contributed by atoms with Crippen LogP contribution in [0.5, 0.6) is 0 Å². The molecular formula is C18H24N4O2S. The van der Waals surface area contributed by atoms with Crippen molar-refractivity contribution in [2.45, 2.75) is 49.4 Å². The molecule has 1 aliphatic carbocycles. The van der Waals surface area contributed by atoms with Gasteiger partial charge in [-0.2, -0.15) is 0 Å². The summed E-state index contributed by atoms with van der Waals surface area (Å²) < 4.78 is 1.75. The molecule has 0 bridgehead atoms. The first-order valence-electron chi connectivity index (χ1n) is 8.69. The lowest BCUT2D eigenvalue weighted by Gasteiger charge is -2.22. The van der Waals surface area contributed by atoms with Gasteiger partial charge in [-0.1, -0.05) is 61.4 Å². The van der Waals surface area contributed by atoms with Gasteiger partial charge in [-0.3, -0.25) is 4.79 Å². The Balaban J connectivity index is 1.57. The monoisotopic (exact) mass is 360 g/mol. The van der Waals surface area contributed by atoms with Gasteiger partial charge in [0.15, 0.2) is 11.0 Å². The Bertz CT molecular complexity index is 698. The van der Waals surface area contributed by atoms with Crippen LogP contribution >= 0.6 is 11.8 Å². The predicted molar refractivity (Wildman–Crippen MR) is 97.2 cm³/mol. The summed E-state index contributed by atoms with van der Waals surface area (Å²) in [4.78, 5) is 12.1. The molecule has 1 aromatic carbocycles. The van der Waals surface area contributed by atoms with E-state index in [1.807, 2.05) is 37.4 Å². The number of aliphatic hydroxyl groups excluding tert-OH is 1. The smallest absolute Gasteiger partial charge is 0.230 e. The zero-order valence-corrected chi connectivity index (χ0v) is 15.2. The highest BCUT2D eigenvalue weighted by molar-refractivity contribution is 7.99. The molecule has 0 unspecified atom stereocenters. The molecule has 3 rings (SSSR count). The number of hydrogen-bond acceptors (Lipinski definition) is 5. The summed E-state index contributed by atoms with van der Waals surface area (Å²) >= 11 is 1.34. The van der Waals surface area contributed by atoms with E-state index in [2.05, 4.69) is 15.5 Å². The standard InChI is InChI=1S/C18H24N4O2S/c1-22-17(16(24)13-8-4-2-5-9-13)20-21-18(22)25-12-15(23)19-14-10-6-3-7-11-14/h2,4-5,8-9,14,16,24H,3,6-7,10-12H2,1H3,(H,19,23)/t16-/m0/s1. The Labute approximate surface area is 152 Å². The molecule has 1 aromatic heterocycles. The molecule has 2 aromatic rings. The molecule has 0 radical (unpaired) electrons. The van der Waals surface area contributed by atoms with Crippen LogP contribution in [0.3, 0.4) is 0 Å². The molecule has 1 heterocycles. The van der Waals surface area contributed by atoms with Crippen molar-refractivity contribution >= 4 is 17.7 Å². The van der Waals surface area contributed by atoms with Crippen LogP contribution in [0.15, 0.2) is 35.5 Å². The van der Waals surface area contributed by atoms with Crippen molar-refractivity contribution in [2.24, 2.45) is 7.05 Å². The molecule has 0 aliphatic heterocycles. The second-order valence-corrected chi connectivity index (χ2v) is 7.35. The molecule has 0 spiro atoms. The molecule has 1 amide bonds. The summed E-state index contributed by atoms with van der Waals surface area (Å²) in [6.07, 6.45) is 4.99. The van der Waals surface area contributed by atoms with Crippen LogP contribution < -0.4 is 5.32 Å². The van der Waals surface area contributed by atoms with E-state index in [1.54, 1.807) is 4.57 Å². The number of rotatable bonds is 6. The van der Waals surface area contributed by atoms with Gasteiger partial charge in [0.25, 0.3) is 0 Å². The summed E-state index contributed by atoms with van der Waals surface area (Å²) in [6, 6.07) is 9.67. The van der Waals surface area contributed by atoms with Gasteiger partial charge in [0.05, 0.1) is 5.75 Å². The Hall–Kier alpha value is -1.86. The van der Waals surface area contributed by atoms with Gasteiger partial charge in [0, 0.05) is 13.1 Å². The number of aliphatic hydroxyl groups is 1. The van der Waals surface area contributed by atoms with Crippen molar-refractivity contribution in [3.8, 4) is 0 Å². The number of thioether (sulfide) groups is 1. The highest BCUT2D eigenvalue weighted by atomic mass is 32.2. The van der Waals surface area contributed by atoms with E-state index >= 15 is 0 Å². The van der Waals surface area contributed by atoms with E-state index in [0.717, 1.165) is 18.4 Å². The zero-order valence-electron chi connectivity index (χ0n) is 14.4. The molecule has 1 fully saturated rings. The lowest BCUT2D eigenvalue weighted by atomic mass is 9.95. The molecule has 1 saturated carbocycles. The molecule has 7 heteroatoms. The Morgan fingerprint density at radius 3 is 2.72 bits per heavy atom. The SMILES string of the molecule is Cn1c(SCC(=O)NC2CCCCC2)nnc1[C@@H](O)c1ccccc1. The van der Waals surface area contributed by atoms with Gasteiger partial charge in [0.1, 0.15) is 6.10 Å². The highest BCUT2D eigenvalue weighted by Gasteiger charge is 2.20.